The molecule has 6 heteroatoms. The zero-order chi connectivity index (χ0) is 14.7. The highest BCUT2D eigenvalue weighted by Crippen LogP contribution is 2.22. The summed E-state index contributed by atoms with van der Waals surface area (Å²) in [6, 6.07) is 4.37. The predicted octanol–water partition coefficient (Wildman–Crippen LogP) is 2.74. The van der Waals surface area contributed by atoms with Crippen molar-refractivity contribution in [3.63, 3.8) is 0 Å². The lowest BCUT2D eigenvalue weighted by Gasteiger charge is -2.19. The fourth-order valence-corrected chi connectivity index (χ4v) is 1.77. The SMILES string of the molecule is C=C(C)C(NC(=O)c1ccn[nH]1)c1ccc(F)c(F)c1. The molecular formula is C14H13F2N3O. The van der Waals surface area contributed by atoms with E-state index in [0.717, 1.165) is 12.1 Å². The number of hydrogen-bond acceptors (Lipinski definition) is 2. The summed E-state index contributed by atoms with van der Waals surface area (Å²) in [5.74, 6) is -2.31. The summed E-state index contributed by atoms with van der Waals surface area (Å²) in [5.41, 5.74) is 1.30. The molecule has 0 fully saturated rings. The second kappa shape index (κ2) is 5.64. The van der Waals surface area contributed by atoms with Crippen LogP contribution in [0.2, 0.25) is 0 Å². The predicted molar refractivity (Wildman–Crippen MR) is 70.0 cm³/mol. The molecule has 20 heavy (non-hydrogen) atoms. The molecule has 2 rings (SSSR count). The van der Waals surface area contributed by atoms with Gasteiger partial charge in [0.05, 0.1) is 6.04 Å². The molecule has 0 radical (unpaired) electrons. The fraction of sp³-hybridized carbons (Fsp3) is 0.143. The fourth-order valence-electron chi connectivity index (χ4n) is 1.77. The molecule has 0 saturated heterocycles. The molecule has 0 saturated carbocycles. The number of nitrogens with one attached hydrogen (secondary N) is 2. The molecule has 1 amide bonds. The van der Waals surface area contributed by atoms with Gasteiger partial charge in [0, 0.05) is 6.20 Å². The second-order valence-corrected chi connectivity index (χ2v) is 4.40. The van der Waals surface area contributed by atoms with Gasteiger partial charge in [0.1, 0.15) is 5.69 Å². The Bertz CT molecular complexity index is 638. The summed E-state index contributed by atoms with van der Waals surface area (Å²) in [6.07, 6.45) is 1.45. The van der Waals surface area contributed by atoms with Gasteiger partial charge in [0.2, 0.25) is 0 Å². The number of carbonyl (C=O) groups is 1. The van der Waals surface area contributed by atoms with Gasteiger partial charge in [0.25, 0.3) is 5.91 Å². The van der Waals surface area contributed by atoms with Gasteiger partial charge in [-0.1, -0.05) is 18.2 Å². The highest BCUT2D eigenvalue weighted by atomic mass is 19.2. The number of carbonyl (C=O) groups excluding carboxylic acids is 1. The van der Waals surface area contributed by atoms with Crippen molar-refractivity contribution in [1.82, 2.24) is 15.5 Å². The monoisotopic (exact) mass is 277 g/mol. The van der Waals surface area contributed by atoms with Crippen molar-refractivity contribution in [2.45, 2.75) is 13.0 Å². The van der Waals surface area contributed by atoms with Crippen LogP contribution in [0.3, 0.4) is 0 Å². The number of rotatable bonds is 4. The van der Waals surface area contributed by atoms with E-state index in [4.69, 9.17) is 0 Å². The zero-order valence-corrected chi connectivity index (χ0v) is 10.8. The Morgan fingerprint density at radius 2 is 2.10 bits per heavy atom. The third kappa shape index (κ3) is 2.90. The van der Waals surface area contributed by atoms with Gasteiger partial charge >= 0.3 is 0 Å². The number of H-pyrrole nitrogens is 1. The Hall–Kier alpha value is -2.50. The van der Waals surface area contributed by atoms with Crippen molar-refractivity contribution in [1.29, 1.82) is 0 Å². The van der Waals surface area contributed by atoms with E-state index in [2.05, 4.69) is 22.1 Å². The van der Waals surface area contributed by atoms with Gasteiger partial charge in [-0.3, -0.25) is 9.89 Å². The van der Waals surface area contributed by atoms with Crippen LogP contribution in [-0.4, -0.2) is 16.1 Å². The number of amides is 1. The average Bonchev–Trinajstić information content (AvgIpc) is 2.93. The van der Waals surface area contributed by atoms with Crippen molar-refractivity contribution in [3.05, 3.63) is 65.5 Å². The minimum absolute atomic E-state index is 0.277. The van der Waals surface area contributed by atoms with Crippen LogP contribution >= 0.6 is 0 Å². The van der Waals surface area contributed by atoms with E-state index in [1.54, 1.807) is 6.92 Å². The maximum absolute atomic E-state index is 13.3. The lowest BCUT2D eigenvalue weighted by molar-refractivity contribution is 0.0937. The van der Waals surface area contributed by atoms with Crippen LogP contribution in [0.1, 0.15) is 29.0 Å². The molecular weight excluding hydrogens is 264 g/mol. The zero-order valence-electron chi connectivity index (χ0n) is 10.8. The summed E-state index contributed by atoms with van der Waals surface area (Å²) in [4.78, 5) is 12.0. The Labute approximate surface area is 114 Å². The van der Waals surface area contributed by atoms with E-state index >= 15 is 0 Å². The van der Waals surface area contributed by atoms with Crippen molar-refractivity contribution in [2.75, 3.05) is 0 Å². The normalized spacial score (nSPS) is 11.9. The van der Waals surface area contributed by atoms with Gasteiger partial charge in [0.15, 0.2) is 11.6 Å². The lowest BCUT2D eigenvalue weighted by atomic mass is 10.0. The maximum atomic E-state index is 13.3. The number of aromatic nitrogens is 2. The molecule has 1 atom stereocenters. The van der Waals surface area contributed by atoms with E-state index in [1.807, 2.05) is 0 Å². The van der Waals surface area contributed by atoms with Gasteiger partial charge in [-0.25, -0.2) is 8.78 Å². The highest BCUT2D eigenvalue weighted by Gasteiger charge is 2.18. The van der Waals surface area contributed by atoms with Crippen LogP contribution in [0.5, 0.6) is 0 Å². The van der Waals surface area contributed by atoms with Crippen LogP contribution in [0.25, 0.3) is 0 Å². The van der Waals surface area contributed by atoms with Crippen molar-refractivity contribution in [2.24, 2.45) is 0 Å². The van der Waals surface area contributed by atoms with Crippen molar-refractivity contribution < 1.29 is 13.6 Å². The first-order valence-corrected chi connectivity index (χ1v) is 5.89. The Morgan fingerprint density at radius 1 is 1.35 bits per heavy atom. The Morgan fingerprint density at radius 3 is 2.65 bits per heavy atom. The number of hydrogen-bond donors (Lipinski definition) is 2. The minimum atomic E-state index is -0.968. The largest absolute Gasteiger partial charge is 0.340 e. The quantitative estimate of drug-likeness (QED) is 0.844. The second-order valence-electron chi connectivity index (χ2n) is 4.40. The van der Waals surface area contributed by atoms with Crippen LogP contribution in [-0.2, 0) is 0 Å². The van der Waals surface area contributed by atoms with Gasteiger partial charge in [-0.15, -0.1) is 0 Å². The smallest absolute Gasteiger partial charge is 0.270 e. The Kier molecular flexibility index (Phi) is 3.93. The maximum Gasteiger partial charge on any atom is 0.270 e. The van der Waals surface area contributed by atoms with Crippen LogP contribution in [0.4, 0.5) is 8.78 Å². The van der Waals surface area contributed by atoms with Crippen LogP contribution < -0.4 is 5.32 Å². The molecule has 2 N–H and O–H groups in total. The first kappa shape index (κ1) is 13.9. The van der Waals surface area contributed by atoms with E-state index in [9.17, 15) is 13.6 Å². The molecule has 1 unspecified atom stereocenters. The summed E-state index contributed by atoms with van der Waals surface area (Å²) in [5, 5.41) is 8.89. The molecule has 0 bridgehead atoms. The molecule has 1 aromatic heterocycles. The van der Waals surface area contributed by atoms with Crippen LogP contribution in [0.15, 0.2) is 42.6 Å². The highest BCUT2D eigenvalue weighted by molar-refractivity contribution is 5.92. The van der Waals surface area contributed by atoms with E-state index < -0.39 is 23.6 Å². The third-order valence-electron chi connectivity index (χ3n) is 2.79. The molecule has 0 aliphatic rings. The topological polar surface area (TPSA) is 57.8 Å². The van der Waals surface area contributed by atoms with E-state index in [0.29, 0.717) is 11.1 Å². The molecule has 1 heterocycles. The molecule has 1 aromatic carbocycles. The summed E-state index contributed by atoms with van der Waals surface area (Å²) in [6.45, 7) is 5.46. The third-order valence-corrected chi connectivity index (χ3v) is 2.79. The first-order valence-electron chi connectivity index (χ1n) is 5.89. The van der Waals surface area contributed by atoms with Gasteiger partial charge < -0.3 is 5.32 Å². The number of nitrogens with zero attached hydrogens (tertiary/aromatic N) is 1. The van der Waals surface area contributed by atoms with Crippen molar-refractivity contribution in [3.8, 4) is 0 Å². The molecule has 2 aromatic rings. The van der Waals surface area contributed by atoms with Gasteiger partial charge in [-0.2, -0.15) is 5.10 Å². The number of benzene rings is 1. The van der Waals surface area contributed by atoms with Crippen molar-refractivity contribution >= 4 is 5.91 Å². The molecule has 0 spiro atoms. The molecule has 104 valence electrons. The van der Waals surface area contributed by atoms with Crippen LogP contribution in [0, 0.1) is 11.6 Å². The molecule has 0 aliphatic heterocycles. The Balaban J connectivity index is 2.25. The lowest BCUT2D eigenvalue weighted by Crippen LogP contribution is -2.29. The number of aromatic amines is 1. The van der Waals surface area contributed by atoms with E-state index in [-0.39, 0.29) is 5.69 Å². The summed E-state index contributed by atoms with van der Waals surface area (Å²) >= 11 is 0. The standard InChI is InChI=1S/C14H13F2N3O/c1-8(2)13(9-3-4-10(15)11(16)7-9)18-14(20)12-5-6-17-19-12/h3-7,13H,1H2,2H3,(H,17,19)(H,18,20). The van der Waals surface area contributed by atoms with E-state index in [1.165, 1.54) is 18.3 Å². The van der Waals surface area contributed by atoms with Gasteiger partial charge in [-0.05, 0) is 30.7 Å². The summed E-state index contributed by atoms with van der Waals surface area (Å²) in [7, 11) is 0. The average molecular weight is 277 g/mol. The molecule has 0 aliphatic carbocycles. The molecule has 4 nitrogen and oxygen atoms in total. The number of halogens is 2. The first-order chi connectivity index (χ1) is 9.49. The summed E-state index contributed by atoms with van der Waals surface area (Å²) < 4.78 is 26.2. The minimum Gasteiger partial charge on any atom is -0.340 e.